The first-order valence-electron chi connectivity index (χ1n) is 9.27. The maximum absolute atomic E-state index is 11.6. The standard InChI is InChI=1S/C19H30N2O6S/c1-14(22)15-5-6-18(19(11-15)26-3)27-13-17(23)12-21-9-7-16(8-10-21)20(2)28(4,24)25/h5-6,11,16-17,23H,7-10,12-13H2,1-4H3. The largest absolute Gasteiger partial charge is 0.493 e. The third-order valence-corrected chi connectivity index (χ3v) is 6.41. The second kappa shape index (κ2) is 9.69. The van der Waals surface area contributed by atoms with E-state index in [1.807, 2.05) is 0 Å². The van der Waals surface area contributed by atoms with Crippen LogP contribution in [0, 0.1) is 0 Å². The summed E-state index contributed by atoms with van der Waals surface area (Å²) in [5.41, 5.74) is 0.534. The van der Waals surface area contributed by atoms with Crippen LogP contribution in [0.25, 0.3) is 0 Å². The van der Waals surface area contributed by atoms with Gasteiger partial charge >= 0.3 is 0 Å². The average molecular weight is 415 g/mol. The maximum Gasteiger partial charge on any atom is 0.211 e. The van der Waals surface area contributed by atoms with Crippen molar-refractivity contribution in [2.75, 3.05) is 46.7 Å². The van der Waals surface area contributed by atoms with E-state index in [-0.39, 0.29) is 18.4 Å². The van der Waals surface area contributed by atoms with E-state index in [2.05, 4.69) is 4.90 Å². The van der Waals surface area contributed by atoms with E-state index >= 15 is 0 Å². The highest BCUT2D eigenvalue weighted by Gasteiger charge is 2.28. The predicted octanol–water partition coefficient (Wildman–Crippen LogP) is 0.993. The fourth-order valence-electron chi connectivity index (χ4n) is 3.28. The minimum Gasteiger partial charge on any atom is -0.493 e. The van der Waals surface area contributed by atoms with Crippen LogP contribution < -0.4 is 9.47 Å². The number of benzene rings is 1. The molecular weight excluding hydrogens is 384 g/mol. The number of aliphatic hydroxyl groups excluding tert-OH is 1. The number of hydrogen-bond donors (Lipinski definition) is 1. The summed E-state index contributed by atoms with van der Waals surface area (Å²) in [6, 6.07) is 4.95. The Labute approximate surface area is 167 Å². The van der Waals surface area contributed by atoms with E-state index in [1.165, 1.54) is 24.6 Å². The minimum atomic E-state index is -3.18. The van der Waals surface area contributed by atoms with Crippen LogP contribution in [-0.2, 0) is 10.0 Å². The number of piperidine rings is 1. The van der Waals surface area contributed by atoms with Crippen molar-refractivity contribution in [3.63, 3.8) is 0 Å². The zero-order valence-corrected chi connectivity index (χ0v) is 17.7. The van der Waals surface area contributed by atoms with Gasteiger partial charge in [-0.3, -0.25) is 4.79 Å². The van der Waals surface area contributed by atoms with Crippen LogP contribution in [0.1, 0.15) is 30.1 Å². The molecule has 0 saturated carbocycles. The van der Waals surface area contributed by atoms with Gasteiger partial charge in [-0.15, -0.1) is 0 Å². The number of Topliss-reactive ketones (excluding diaryl/α,β-unsaturated/α-hetero) is 1. The minimum absolute atomic E-state index is 0.00342. The number of aliphatic hydroxyl groups is 1. The number of nitrogens with zero attached hydrogens (tertiary/aromatic N) is 2. The number of ether oxygens (including phenoxy) is 2. The lowest BCUT2D eigenvalue weighted by Gasteiger charge is -2.36. The van der Waals surface area contributed by atoms with Gasteiger partial charge in [-0.25, -0.2) is 12.7 Å². The third-order valence-electron chi connectivity index (χ3n) is 5.06. The lowest BCUT2D eigenvalue weighted by Crippen LogP contribution is -2.47. The molecule has 28 heavy (non-hydrogen) atoms. The highest BCUT2D eigenvalue weighted by molar-refractivity contribution is 7.88. The summed E-state index contributed by atoms with van der Waals surface area (Å²) in [6.45, 7) is 3.47. The Bertz CT molecular complexity index is 775. The van der Waals surface area contributed by atoms with Gasteiger partial charge in [0.15, 0.2) is 17.3 Å². The summed E-state index contributed by atoms with van der Waals surface area (Å²) in [5.74, 6) is 0.861. The van der Waals surface area contributed by atoms with Crippen LogP contribution in [0.3, 0.4) is 0 Å². The smallest absolute Gasteiger partial charge is 0.211 e. The van der Waals surface area contributed by atoms with E-state index in [0.29, 0.717) is 23.6 Å². The number of likely N-dealkylation sites (tertiary alicyclic amines) is 1. The predicted molar refractivity (Wildman–Crippen MR) is 107 cm³/mol. The molecule has 1 fully saturated rings. The second-order valence-electron chi connectivity index (χ2n) is 7.20. The molecule has 0 spiro atoms. The van der Waals surface area contributed by atoms with Crippen molar-refractivity contribution in [2.24, 2.45) is 0 Å². The Morgan fingerprint density at radius 1 is 1.32 bits per heavy atom. The number of hydrogen-bond acceptors (Lipinski definition) is 7. The van der Waals surface area contributed by atoms with E-state index < -0.39 is 16.1 Å². The average Bonchev–Trinajstić information content (AvgIpc) is 2.65. The molecule has 9 heteroatoms. The van der Waals surface area contributed by atoms with Crippen LogP contribution in [-0.4, -0.2) is 87.3 Å². The number of methoxy groups -OCH3 is 1. The van der Waals surface area contributed by atoms with Crippen molar-refractivity contribution in [1.29, 1.82) is 0 Å². The van der Waals surface area contributed by atoms with Crippen LogP contribution in [0.5, 0.6) is 11.5 Å². The van der Waals surface area contributed by atoms with Crippen LogP contribution in [0.15, 0.2) is 18.2 Å². The molecule has 8 nitrogen and oxygen atoms in total. The molecule has 0 bridgehead atoms. The monoisotopic (exact) mass is 414 g/mol. The Morgan fingerprint density at radius 3 is 2.50 bits per heavy atom. The fraction of sp³-hybridized carbons (Fsp3) is 0.632. The molecule has 1 aromatic carbocycles. The van der Waals surface area contributed by atoms with Crippen molar-refractivity contribution in [3.8, 4) is 11.5 Å². The number of carbonyl (C=O) groups excluding carboxylic acids is 1. The lowest BCUT2D eigenvalue weighted by atomic mass is 10.1. The highest BCUT2D eigenvalue weighted by Crippen LogP contribution is 2.28. The number of ketones is 1. The van der Waals surface area contributed by atoms with Gasteiger partial charge in [0.1, 0.15) is 12.7 Å². The number of β-amino-alcohol motifs (C(OH)–C–C–N with tert-alkyl or cyclic N) is 1. The molecule has 2 rings (SSSR count). The lowest BCUT2D eigenvalue weighted by molar-refractivity contribution is 0.0535. The fourth-order valence-corrected chi connectivity index (χ4v) is 4.03. The van der Waals surface area contributed by atoms with Crippen LogP contribution in [0.2, 0.25) is 0 Å². The van der Waals surface area contributed by atoms with Gasteiger partial charge in [0.05, 0.1) is 13.4 Å². The van der Waals surface area contributed by atoms with E-state index in [9.17, 15) is 18.3 Å². The van der Waals surface area contributed by atoms with E-state index in [1.54, 1.807) is 25.2 Å². The first-order valence-corrected chi connectivity index (χ1v) is 11.1. The summed E-state index contributed by atoms with van der Waals surface area (Å²) in [5, 5.41) is 10.3. The molecule has 1 N–H and O–H groups in total. The number of rotatable bonds is 9. The SMILES string of the molecule is COc1cc(C(C)=O)ccc1OCC(O)CN1CCC(N(C)S(C)(=O)=O)CC1. The summed E-state index contributed by atoms with van der Waals surface area (Å²) in [4.78, 5) is 13.6. The van der Waals surface area contributed by atoms with E-state index in [4.69, 9.17) is 9.47 Å². The Hall–Kier alpha value is -1.68. The van der Waals surface area contributed by atoms with Gasteiger partial charge in [0.2, 0.25) is 10.0 Å². The molecule has 158 valence electrons. The van der Waals surface area contributed by atoms with Gasteiger partial charge < -0.3 is 19.5 Å². The molecule has 1 aliphatic heterocycles. The summed E-state index contributed by atoms with van der Waals surface area (Å²) < 4.78 is 35.7. The Morgan fingerprint density at radius 2 is 1.96 bits per heavy atom. The molecule has 0 amide bonds. The molecule has 1 unspecified atom stereocenters. The topological polar surface area (TPSA) is 96.4 Å². The van der Waals surface area contributed by atoms with Crippen LogP contribution >= 0.6 is 0 Å². The van der Waals surface area contributed by atoms with Crippen molar-refractivity contribution in [1.82, 2.24) is 9.21 Å². The van der Waals surface area contributed by atoms with Crippen LogP contribution in [0.4, 0.5) is 0 Å². The first-order chi connectivity index (χ1) is 13.1. The summed E-state index contributed by atoms with van der Waals surface area (Å²) in [7, 11) is -0.0705. The first kappa shape index (κ1) is 22.6. The molecule has 1 aliphatic rings. The van der Waals surface area contributed by atoms with Gasteiger partial charge in [-0.2, -0.15) is 0 Å². The van der Waals surface area contributed by atoms with Crippen molar-refractivity contribution < 1.29 is 27.8 Å². The quantitative estimate of drug-likeness (QED) is 0.602. The summed E-state index contributed by atoms with van der Waals surface area (Å²) >= 11 is 0. The molecule has 0 aliphatic carbocycles. The summed E-state index contributed by atoms with van der Waals surface area (Å²) in [6.07, 6.45) is 1.99. The van der Waals surface area contributed by atoms with Gasteiger partial charge in [-0.1, -0.05) is 0 Å². The maximum atomic E-state index is 11.6. The molecule has 1 saturated heterocycles. The molecule has 1 atom stereocenters. The van der Waals surface area contributed by atoms with Crippen molar-refractivity contribution in [3.05, 3.63) is 23.8 Å². The Balaban J connectivity index is 1.82. The number of sulfonamides is 1. The Kier molecular flexibility index (Phi) is 7.82. The van der Waals surface area contributed by atoms with Gasteiger partial charge in [0, 0.05) is 25.2 Å². The zero-order valence-electron chi connectivity index (χ0n) is 16.9. The molecule has 0 radical (unpaired) electrons. The molecule has 1 heterocycles. The normalized spacial score (nSPS) is 17.5. The third kappa shape index (κ3) is 6.16. The van der Waals surface area contributed by atoms with Crippen molar-refractivity contribution >= 4 is 15.8 Å². The molecule has 0 aromatic heterocycles. The molecular formula is C19H30N2O6S. The van der Waals surface area contributed by atoms with Gasteiger partial charge in [0.25, 0.3) is 0 Å². The number of carbonyl (C=O) groups is 1. The zero-order chi connectivity index (χ0) is 20.9. The second-order valence-corrected chi connectivity index (χ2v) is 9.24. The van der Waals surface area contributed by atoms with Gasteiger partial charge in [-0.05, 0) is 51.1 Å². The highest BCUT2D eigenvalue weighted by atomic mass is 32.2. The molecule has 1 aromatic rings. The van der Waals surface area contributed by atoms with E-state index in [0.717, 1.165) is 25.9 Å². The van der Waals surface area contributed by atoms with Crippen molar-refractivity contribution in [2.45, 2.75) is 31.9 Å².